The van der Waals surface area contributed by atoms with E-state index in [4.69, 9.17) is 16.7 Å². The number of aliphatic imine (C=N–C) groups is 1. The highest BCUT2D eigenvalue weighted by Crippen LogP contribution is 2.37. The third-order valence-electron chi connectivity index (χ3n) is 6.05. The van der Waals surface area contributed by atoms with E-state index < -0.39 is 0 Å². The fraction of sp³-hybridized carbons (Fsp3) is 0.455. The molecule has 1 unspecified atom stereocenters. The van der Waals surface area contributed by atoms with Crippen molar-refractivity contribution < 1.29 is 0 Å². The van der Waals surface area contributed by atoms with E-state index >= 15 is 0 Å². The Balaban J connectivity index is 1.64. The average Bonchev–Trinajstić information content (AvgIpc) is 2.93. The molecular formula is C22H28N8O. The first-order valence-electron chi connectivity index (χ1n) is 10.6. The van der Waals surface area contributed by atoms with Gasteiger partial charge >= 0.3 is 0 Å². The number of hydrogen-bond acceptors (Lipinski definition) is 7. The van der Waals surface area contributed by atoms with Gasteiger partial charge in [0.05, 0.1) is 17.0 Å². The molecule has 0 saturated carbocycles. The number of aromatic nitrogens is 2. The number of hydrogen-bond donors (Lipinski definition) is 4. The van der Waals surface area contributed by atoms with Crippen LogP contribution < -0.4 is 22.2 Å². The van der Waals surface area contributed by atoms with Crippen LogP contribution in [-0.2, 0) is 0 Å². The van der Waals surface area contributed by atoms with Crippen molar-refractivity contribution in [1.29, 1.82) is 5.26 Å². The number of nitrogens with zero attached hydrogens (tertiary/aromatic N) is 4. The summed E-state index contributed by atoms with van der Waals surface area (Å²) < 4.78 is 0. The first-order valence-corrected chi connectivity index (χ1v) is 10.6. The van der Waals surface area contributed by atoms with Gasteiger partial charge in [0.15, 0.2) is 11.2 Å². The van der Waals surface area contributed by atoms with E-state index in [0.717, 1.165) is 32.2 Å². The second kappa shape index (κ2) is 8.78. The summed E-state index contributed by atoms with van der Waals surface area (Å²) >= 11 is 0. The molecule has 0 radical (unpaired) electrons. The number of allylic oxidation sites excluding steroid dienone is 1. The Morgan fingerprint density at radius 1 is 1.42 bits per heavy atom. The number of aromatic amines is 1. The van der Waals surface area contributed by atoms with Crippen LogP contribution in [0.2, 0.25) is 0 Å². The fourth-order valence-electron chi connectivity index (χ4n) is 4.87. The highest BCUT2D eigenvalue weighted by atomic mass is 16.1. The van der Waals surface area contributed by atoms with E-state index in [2.05, 4.69) is 31.2 Å². The average molecular weight is 421 g/mol. The molecule has 2 aromatic heterocycles. The molecule has 0 aromatic carbocycles. The second-order valence-corrected chi connectivity index (χ2v) is 8.36. The smallest absolute Gasteiger partial charge is 0.193 e. The maximum absolute atomic E-state index is 12.6. The van der Waals surface area contributed by atoms with E-state index in [1.54, 1.807) is 25.3 Å². The normalized spacial score (nSPS) is 24.3. The van der Waals surface area contributed by atoms with Gasteiger partial charge in [-0.3, -0.25) is 9.69 Å². The highest BCUT2D eigenvalue weighted by Gasteiger charge is 2.40. The van der Waals surface area contributed by atoms with Crippen molar-refractivity contribution in [3.05, 3.63) is 40.3 Å². The summed E-state index contributed by atoms with van der Waals surface area (Å²) in [6.45, 7) is 2.56. The van der Waals surface area contributed by atoms with Gasteiger partial charge in [0.1, 0.15) is 11.7 Å². The van der Waals surface area contributed by atoms with Gasteiger partial charge in [-0.1, -0.05) is 0 Å². The number of piperidine rings is 1. The van der Waals surface area contributed by atoms with Gasteiger partial charge in [0, 0.05) is 55.1 Å². The lowest BCUT2D eigenvalue weighted by Gasteiger charge is -2.39. The zero-order valence-corrected chi connectivity index (χ0v) is 17.6. The van der Waals surface area contributed by atoms with Gasteiger partial charge < -0.3 is 21.8 Å². The lowest BCUT2D eigenvalue weighted by Crippen LogP contribution is -2.47. The summed E-state index contributed by atoms with van der Waals surface area (Å²) in [6, 6.07) is 6.59. The Morgan fingerprint density at radius 3 is 2.84 bits per heavy atom. The molecular weight excluding hydrogens is 392 g/mol. The predicted octanol–water partition coefficient (Wildman–Crippen LogP) is 2.10. The lowest BCUT2D eigenvalue weighted by molar-refractivity contribution is 0.136. The van der Waals surface area contributed by atoms with Crippen LogP contribution in [0.1, 0.15) is 39.0 Å². The Bertz CT molecular complexity index is 1110. The molecule has 2 aromatic rings. The van der Waals surface area contributed by atoms with E-state index in [1.165, 1.54) is 6.07 Å². The molecule has 2 bridgehead atoms. The molecule has 0 amide bonds. The molecule has 6 N–H and O–H groups in total. The van der Waals surface area contributed by atoms with Crippen LogP contribution in [0.5, 0.6) is 0 Å². The zero-order valence-electron chi connectivity index (χ0n) is 17.6. The minimum atomic E-state index is -0.0978. The topological polar surface area (TPSA) is 149 Å². The Hall–Kier alpha value is -3.38. The molecule has 2 aliphatic heterocycles. The lowest BCUT2D eigenvalue weighted by atomic mass is 9.97. The molecule has 4 rings (SSSR count). The molecule has 31 heavy (non-hydrogen) atoms. The quantitative estimate of drug-likeness (QED) is 0.413. The number of H-pyrrole nitrogens is 1. The zero-order chi connectivity index (χ0) is 22.0. The highest BCUT2D eigenvalue weighted by molar-refractivity contribution is 5.95. The van der Waals surface area contributed by atoms with Crippen LogP contribution in [0.15, 0.2) is 39.9 Å². The van der Waals surface area contributed by atoms with E-state index in [9.17, 15) is 4.79 Å². The minimum absolute atomic E-state index is 0.0978. The molecule has 9 heteroatoms. The maximum Gasteiger partial charge on any atom is 0.193 e. The minimum Gasteiger partial charge on any atom is -0.402 e. The molecule has 9 nitrogen and oxygen atoms in total. The molecule has 162 valence electrons. The van der Waals surface area contributed by atoms with Crippen molar-refractivity contribution >= 4 is 28.4 Å². The fourth-order valence-corrected chi connectivity index (χ4v) is 4.87. The number of rotatable bonds is 6. The Kier molecular flexibility index (Phi) is 5.91. The van der Waals surface area contributed by atoms with Crippen molar-refractivity contribution in [2.24, 2.45) is 16.5 Å². The van der Waals surface area contributed by atoms with E-state index in [-0.39, 0.29) is 17.3 Å². The van der Waals surface area contributed by atoms with Crippen molar-refractivity contribution in [2.75, 3.05) is 11.9 Å². The molecule has 3 atom stereocenters. The summed E-state index contributed by atoms with van der Waals surface area (Å²) in [4.78, 5) is 27.2. The first kappa shape index (κ1) is 20.9. The molecule has 2 aliphatic rings. The molecule has 4 heterocycles. The summed E-state index contributed by atoms with van der Waals surface area (Å²) in [6.07, 6.45) is 7.96. The molecule has 0 spiro atoms. The Morgan fingerprint density at radius 2 is 2.16 bits per heavy atom. The summed E-state index contributed by atoms with van der Waals surface area (Å²) in [5.41, 5.74) is 12.7. The van der Waals surface area contributed by atoms with Crippen LogP contribution >= 0.6 is 0 Å². The predicted molar refractivity (Wildman–Crippen MR) is 122 cm³/mol. The van der Waals surface area contributed by atoms with Crippen LogP contribution in [-0.4, -0.2) is 45.4 Å². The van der Waals surface area contributed by atoms with Crippen LogP contribution in [0.25, 0.3) is 10.9 Å². The number of nitrogens with one attached hydrogen (secondary N) is 2. The number of nitrogens with two attached hydrogens (primary N) is 2. The van der Waals surface area contributed by atoms with E-state index in [1.807, 2.05) is 0 Å². The van der Waals surface area contributed by atoms with Crippen LogP contribution in [0, 0.1) is 11.3 Å². The van der Waals surface area contributed by atoms with Crippen LogP contribution in [0.3, 0.4) is 0 Å². The van der Waals surface area contributed by atoms with E-state index in [0.29, 0.717) is 46.7 Å². The number of amidine groups is 1. The largest absolute Gasteiger partial charge is 0.402 e. The van der Waals surface area contributed by atoms with Crippen molar-refractivity contribution in [3.63, 3.8) is 0 Å². The number of anilines is 1. The van der Waals surface area contributed by atoms with Gasteiger partial charge in [-0.15, -0.1) is 0 Å². The summed E-state index contributed by atoms with van der Waals surface area (Å²) in [5, 5.41) is 13.0. The van der Waals surface area contributed by atoms with Gasteiger partial charge in [-0.2, -0.15) is 5.26 Å². The van der Waals surface area contributed by atoms with Gasteiger partial charge in [0.2, 0.25) is 0 Å². The van der Waals surface area contributed by atoms with Gasteiger partial charge in [-0.05, 0) is 38.7 Å². The third kappa shape index (κ3) is 4.54. The maximum atomic E-state index is 12.6. The third-order valence-corrected chi connectivity index (χ3v) is 6.05. The monoisotopic (exact) mass is 420 g/mol. The Labute approximate surface area is 180 Å². The van der Waals surface area contributed by atoms with Gasteiger partial charge in [0.25, 0.3) is 0 Å². The summed E-state index contributed by atoms with van der Waals surface area (Å²) in [7, 11) is 0. The van der Waals surface area contributed by atoms with Crippen molar-refractivity contribution in [1.82, 2.24) is 14.9 Å². The number of fused-ring (bicyclic) bond motifs is 3. The number of nitriles is 1. The van der Waals surface area contributed by atoms with Crippen molar-refractivity contribution in [3.8, 4) is 6.07 Å². The molecule has 0 aliphatic carbocycles. The summed E-state index contributed by atoms with van der Waals surface area (Å²) in [5.74, 6) is 1.18. The number of pyridine rings is 2. The van der Waals surface area contributed by atoms with Crippen LogP contribution in [0.4, 0.5) is 11.6 Å². The van der Waals surface area contributed by atoms with Gasteiger partial charge in [-0.25, -0.2) is 9.98 Å². The standard InChI is InChI=1S/C22H28N8O/c1-13(24)9-19(25)28-20-12-17-21(18(31)5-7-26-17)22(29-20)27-14-10-15-3-4-16(11-14)30(15)8-2-6-23/h5,7,9,12,14-16H,2-4,8,10-11,24H2,1H3,(H,26,31)(H3,25,27,28,29)/b13-9-/t14?,15-,16+. The second-order valence-electron chi connectivity index (χ2n) is 8.36. The SMILES string of the molecule is C/C(N)=C/C(N)=Nc1cc2[nH]ccc(=O)c2c(NC2C[C@H]3CC[C@@H](C2)N3CCC#N)n1. The molecule has 2 saturated heterocycles. The van der Waals surface area contributed by atoms with Crippen molar-refractivity contribution in [2.45, 2.75) is 57.2 Å². The molecule has 2 fully saturated rings. The first-order chi connectivity index (χ1) is 14.9.